The number of likely N-dealkylation sites (tertiary alicyclic amines) is 1. The average Bonchev–Trinajstić information content (AvgIpc) is 3.83. The molecule has 0 spiro atoms. The Morgan fingerprint density at radius 3 is 2.24 bits per heavy atom. The second-order valence-electron chi connectivity index (χ2n) is 12.0. The van der Waals surface area contributed by atoms with Crippen LogP contribution in [0.3, 0.4) is 0 Å². The van der Waals surface area contributed by atoms with Gasteiger partial charge in [-0.1, -0.05) is 38.0 Å². The molecule has 3 N–H and O–H groups in total. The highest BCUT2D eigenvalue weighted by Gasteiger charge is 2.51. The second kappa shape index (κ2) is 13.8. The van der Waals surface area contributed by atoms with E-state index in [-0.39, 0.29) is 18.0 Å². The van der Waals surface area contributed by atoms with Crippen molar-refractivity contribution in [1.29, 1.82) is 0 Å². The number of alkyl halides is 3. The van der Waals surface area contributed by atoms with Crippen LogP contribution >= 0.6 is 0 Å². The van der Waals surface area contributed by atoms with Gasteiger partial charge in [0.2, 0.25) is 11.9 Å². The Morgan fingerprint density at radius 2 is 1.67 bits per heavy atom. The number of benzene rings is 1. The van der Waals surface area contributed by atoms with Crippen LogP contribution in [-0.2, 0) is 21.1 Å². The number of rotatable bonds is 5. The molecule has 5 rings (SSSR count). The van der Waals surface area contributed by atoms with Crippen LogP contribution in [-0.4, -0.2) is 50.5 Å². The van der Waals surface area contributed by atoms with E-state index in [1.54, 1.807) is 41.4 Å². The molecule has 3 aromatic rings. The third kappa shape index (κ3) is 8.13. The molecule has 0 unspecified atom stereocenters. The number of carbonyl (C=O) groups is 2. The fourth-order valence-electron chi connectivity index (χ4n) is 5.19. The standard InChI is InChI=1S/C32H33F3N6O3.C2H6/c1-30(2,3)44-29(43)41-16-12-21(13-17-41)25-11-9-22(18-37-25)39-28-38-19-24(32(33,34)35)26(40-28)10-8-20-6-4-5-7-23(20)31(14-15-31)27(36)42;1-2/h4-7,9,11,18-19,21H,12-17H2,1-3H3,(H2,36,42)(H,38,39,40);1-2H3. The Morgan fingerprint density at radius 1 is 1.00 bits per heavy atom. The molecular weight excluding hydrogens is 597 g/mol. The number of carbonyl (C=O) groups excluding carboxylic acids is 2. The summed E-state index contributed by atoms with van der Waals surface area (Å²) in [5.74, 6) is 4.92. The van der Waals surface area contributed by atoms with Crippen LogP contribution < -0.4 is 11.1 Å². The van der Waals surface area contributed by atoms with Crippen LogP contribution in [0.1, 0.15) is 94.3 Å². The van der Waals surface area contributed by atoms with Crippen molar-refractivity contribution in [3.05, 3.63) is 76.9 Å². The van der Waals surface area contributed by atoms with Gasteiger partial charge in [0.1, 0.15) is 16.9 Å². The molecule has 1 saturated carbocycles. The minimum absolute atomic E-state index is 0.0772. The topological polar surface area (TPSA) is 123 Å². The molecule has 0 atom stereocenters. The molecular formula is C34H39F3N6O3. The first-order valence-electron chi connectivity index (χ1n) is 15.3. The van der Waals surface area contributed by atoms with E-state index in [1.165, 1.54) is 0 Å². The number of hydrogen-bond acceptors (Lipinski definition) is 7. The summed E-state index contributed by atoms with van der Waals surface area (Å²) in [6.45, 7) is 10.6. The summed E-state index contributed by atoms with van der Waals surface area (Å²) in [6.07, 6.45) is -0.211. The second-order valence-corrected chi connectivity index (χ2v) is 12.0. The summed E-state index contributed by atoms with van der Waals surface area (Å²) in [6, 6.07) is 10.4. The van der Waals surface area contributed by atoms with Crippen molar-refractivity contribution >= 4 is 23.6 Å². The van der Waals surface area contributed by atoms with Gasteiger partial charge in [-0.25, -0.2) is 14.8 Å². The van der Waals surface area contributed by atoms with Crippen molar-refractivity contribution in [1.82, 2.24) is 19.9 Å². The molecule has 2 aromatic heterocycles. The number of ether oxygens (including phenoxy) is 1. The number of hydrogen-bond donors (Lipinski definition) is 2. The van der Waals surface area contributed by atoms with E-state index in [0.717, 1.165) is 18.5 Å². The molecule has 1 aromatic carbocycles. The van der Waals surface area contributed by atoms with Crippen LogP contribution in [0.5, 0.6) is 0 Å². The van der Waals surface area contributed by atoms with Crippen molar-refractivity contribution in [3.63, 3.8) is 0 Å². The fraction of sp³-hybridized carbons (Fsp3) is 0.441. The quantitative estimate of drug-likeness (QED) is 0.299. The lowest BCUT2D eigenvalue weighted by molar-refractivity contribution is -0.138. The molecule has 2 fully saturated rings. The Bertz CT molecular complexity index is 1610. The predicted octanol–water partition coefficient (Wildman–Crippen LogP) is 6.69. The molecule has 12 heteroatoms. The molecule has 3 heterocycles. The summed E-state index contributed by atoms with van der Waals surface area (Å²) < 4.78 is 46.9. The molecule has 9 nitrogen and oxygen atoms in total. The van der Waals surface area contributed by atoms with Crippen molar-refractivity contribution < 1.29 is 27.5 Å². The van der Waals surface area contributed by atoms with Crippen molar-refractivity contribution in [2.45, 2.75) is 83.4 Å². The van der Waals surface area contributed by atoms with E-state index in [4.69, 9.17) is 10.5 Å². The molecule has 1 aliphatic carbocycles. The number of nitrogens with two attached hydrogens (primary N) is 1. The third-order valence-electron chi connectivity index (χ3n) is 7.68. The lowest BCUT2D eigenvalue weighted by atomic mass is 9.91. The van der Waals surface area contributed by atoms with Gasteiger partial charge >= 0.3 is 12.3 Å². The van der Waals surface area contributed by atoms with Crippen LogP contribution in [0, 0.1) is 11.8 Å². The largest absolute Gasteiger partial charge is 0.444 e. The number of anilines is 2. The molecule has 244 valence electrons. The van der Waals surface area contributed by atoms with Gasteiger partial charge in [0, 0.05) is 36.5 Å². The lowest BCUT2D eigenvalue weighted by Gasteiger charge is -2.33. The van der Waals surface area contributed by atoms with E-state index < -0.39 is 34.4 Å². The van der Waals surface area contributed by atoms with Gasteiger partial charge in [-0.15, -0.1) is 0 Å². The van der Waals surface area contributed by atoms with E-state index in [0.29, 0.717) is 48.9 Å². The van der Waals surface area contributed by atoms with Crippen LogP contribution in [0.25, 0.3) is 0 Å². The zero-order valence-corrected chi connectivity index (χ0v) is 26.7. The SMILES string of the molecule is CC.CC(C)(C)OC(=O)N1CCC(c2ccc(Nc3ncc(C(F)(F)F)c(C#Cc4ccccc4C4(C(N)=O)CC4)n3)cn2)CC1. The smallest absolute Gasteiger partial charge is 0.420 e. The van der Waals surface area contributed by atoms with E-state index in [2.05, 4.69) is 32.1 Å². The van der Waals surface area contributed by atoms with Crippen molar-refractivity contribution in [2.24, 2.45) is 5.73 Å². The summed E-state index contributed by atoms with van der Waals surface area (Å²) in [4.78, 5) is 38.6. The predicted molar refractivity (Wildman–Crippen MR) is 168 cm³/mol. The molecule has 2 aliphatic rings. The van der Waals surface area contributed by atoms with Gasteiger partial charge < -0.3 is 20.7 Å². The summed E-state index contributed by atoms with van der Waals surface area (Å²) >= 11 is 0. The average molecular weight is 637 g/mol. The highest BCUT2D eigenvalue weighted by atomic mass is 19.4. The number of pyridine rings is 1. The first kappa shape index (κ1) is 34.2. The van der Waals surface area contributed by atoms with E-state index >= 15 is 0 Å². The lowest BCUT2D eigenvalue weighted by Crippen LogP contribution is -2.41. The van der Waals surface area contributed by atoms with Gasteiger partial charge in [-0.3, -0.25) is 9.78 Å². The number of primary amides is 1. The normalized spacial score (nSPS) is 15.9. The molecule has 0 bridgehead atoms. The van der Waals surface area contributed by atoms with Gasteiger partial charge in [-0.05, 0) is 76.1 Å². The Balaban J connectivity index is 0.00000235. The maximum Gasteiger partial charge on any atom is 0.420 e. The highest BCUT2D eigenvalue weighted by molar-refractivity contribution is 5.90. The van der Waals surface area contributed by atoms with E-state index in [1.807, 2.05) is 40.7 Å². The number of aromatic nitrogens is 3. The van der Waals surface area contributed by atoms with Gasteiger partial charge in [0.05, 0.1) is 17.3 Å². The van der Waals surface area contributed by atoms with Gasteiger partial charge in [-0.2, -0.15) is 13.2 Å². The Hall–Kier alpha value is -4.66. The summed E-state index contributed by atoms with van der Waals surface area (Å²) in [5, 5.41) is 2.91. The number of piperidine rings is 1. The highest BCUT2D eigenvalue weighted by Crippen LogP contribution is 2.49. The van der Waals surface area contributed by atoms with E-state index in [9.17, 15) is 22.8 Å². The number of nitrogens with one attached hydrogen (secondary N) is 1. The number of halogens is 3. The molecule has 1 saturated heterocycles. The maximum absolute atomic E-state index is 13.8. The first-order valence-corrected chi connectivity index (χ1v) is 15.3. The summed E-state index contributed by atoms with van der Waals surface area (Å²) in [5.41, 5.74) is 4.99. The third-order valence-corrected chi connectivity index (χ3v) is 7.68. The summed E-state index contributed by atoms with van der Waals surface area (Å²) in [7, 11) is 0. The van der Waals surface area contributed by atoms with Gasteiger partial charge in [0.15, 0.2) is 0 Å². The van der Waals surface area contributed by atoms with Crippen molar-refractivity contribution in [2.75, 3.05) is 18.4 Å². The monoisotopic (exact) mass is 636 g/mol. The maximum atomic E-state index is 13.8. The number of nitrogens with zero attached hydrogens (tertiary/aromatic N) is 4. The zero-order chi connectivity index (χ0) is 33.7. The number of amides is 2. The zero-order valence-electron chi connectivity index (χ0n) is 26.7. The van der Waals surface area contributed by atoms with Crippen molar-refractivity contribution in [3.8, 4) is 11.8 Å². The van der Waals surface area contributed by atoms with Crippen LogP contribution in [0.15, 0.2) is 48.8 Å². The minimum Gasteiger partial charge on any atom is -0.444 e. The van der Waals surface area contributed by atoms with Crippen LogP contribution in [0.2, 0.25) is 0 Å². The molecule has 0 radical (unpaired) electrons. The molecule has 46 heavy (non-hydrogen) atoms. The fourth-order valence-corrected chi connectivity index (χ4v) is 5.19. The molecule has 2 amide bonds. The van der Waals surface area contributed by atoms with Gasteiger partial charge in [0.25, 0.3) is 0 Å². The minimum atomic E-state index is -4.73. The first-order chi connectivity index (χ1) is 21.7. The van der Waals surface area contributed by atoms with Crippen LogP contribution in [0.4, 0.5) is 29.6 Å². The Kier molecular flexibility index (Phi) is 10.2. The molecule has 1 aliphatic heterocycles. The Labute approximate surface area is 267 Å².